The number of aliphatic hydroxyl groups excluding tert-OH is 2. The first-order chi connectivity index (χ1) is 5.20. The van der Waals surface area contributed by atoms with Gasteiger partial charge in [-0.05, 0) is 18.6 Å². The first kappa shape index (κ1) is 8.30. The Morgan fingerprint density at radius 2 is 2.18 bits per heavy atom. The number of nitrogens with one attached hydrogen (secondary N) is 1. The first-order valence-electron chi connectivity index (χ1n) is 3.62. The molecule has 0 saturated heterocycles. The van der Waals surface area contributed by atoms with Crippen LogP contribution < -0.4 is 5.32 Å². The lowest BCUT2D eigenvalue weighted by molar-refractivity contribution is 0.205. The maximum Gasteiger partial charge on any atom is 0.117 e. The number of allylic oxidation sites excluding steroid dienone is 1. The molecule has 11 heavy (non-hydrogen) atoms. The van der Waals surface area contributed by atoms with Gasteiger partial charge in [0.15, 0.2) is 0 Å². The van der Waals surface area contributed by atoms with Crippen LogP contribution in [-0.4, -0.2) is 29.5 Å². The third-order valence-electron chi connectivity index (χ3n) is 1.91. The van der Waals surface area contributed by atoms with Crippen molar-refractivity contribution in [3.05, 3.63) is 23.4 Å². The molecule has 2 unspecified atom stereocenters. The van der Waals surface area contributed by atoms with Crippen LogP contribution in [0.15, 0.2) is 23.4 Å². The number of hydrogen-bond acceptors (Lipinski definition) is 3. The van der Waals surface area contributed by atoms with Crippen molar-refractivity contribution in [2.75, 3.05) is 7.05 Å². The van der Waals surface area contributed by atoms with E-state index >= 15 is 0 Å². The van der Waals surface area contributed by atoms with Crippen LogP contribution in [0, 0.1) is 0 Å². The van der Waals surface area contributed by atoms with Gasteiger partial charge in [-0.3, -0.25) is 0 Å². The summed E-state index contributed by atoms with van der Waals surface area (Å²) in [6.07, 6.45) is 2.06. The van der Waals surface area contributed by atoms with Gasteiger partial charge in [-0.15, -0.1) is 0 Å². The fourth-order valence-corrected chi connectivity index (χ4v) is 1.25. The molecule has 3 heteroatoms. The van der Waals surface area contributed by atoms with E-state index in [2.05, 4.69) is 5.32 Å². The number of aliphatic hydroxyl groups is 2. The van der Waals surface area contributed by atoms with Crippen LogP contribution in [0.1, 0.15) is 6.92 Å². The predicted octanol–water partition coefficient (Wildman–Crippen LogP) is -0.229. The molecule has 2 atom stereocenters. The summed E-state index contributed by atoms with van der Waals surface area (Å²) in [5.74, 6) is 0. The van der Waals surface area contributed by atoms with Crippen molar-refractivity contribution in [2.24, 2.45) is 0 Å². The lowest BCUT2D eigenvalue weighted by Gasteiger charge is -2.10. The molecule has 0 amide bonds. The van der Waals surface area contributed by atoms with E-state index in [0.717, 1.165) is 0 Å². The summed E-state index contributed by atoms with van der Waals surface area (Å²) in [6, 6.07) is 0. The minimum atomic E-state index is -0.653. The van der Waals surface area contributed by atoms with E-state index in [1.165, 1.54) is 0 Å². The monoisotopic (exact) mass is 155 g/mol. The van der Waals surface area contributed by atoms with Crippen LogP contribution in [0.2, 0.25) is 0 Å². The summed E-state index contributed by atoms with van der Waals surface area (Å²) in [7, 11) is 1.72. The van der Waals surface area contributed by atoms with Gasteiger partial charge in [0.25, 0.3) is 0 Å². The first-order valence-corrected chi connectivity index (χ1v) is 3.62. The highest BCUT2D eigenvalue weighted by atomic mass is 16.3. The third kappa shape index (κ3) is 1.29. The van der Waals surface area contributed by atoms with E-state index in [4.69, 9.17) is 0 Å². The van der Waals surface area contributed by atoms with Crippen molar-refractivity contribution in [3.8, 4) is 0 Å². The average Bonchev–Trinajstić information content (AvgIpc) is 2.26. The third-order valence-corrected chi connectivity index (χ3v) is 1.91. The van der Waals surface area contributed by atoms with Crippen molar-refractivity contribution in [1.82, 2.24) is 5.32 Å². The second kappa shape index (κ2) is 3.07. The smallest absolute Gasteiger partial charge is 0.117 e. The Balaban J connectivity index is 2.84. The molecule has 0 fully saturated rings. The molecule has 0 saturated carbocycles. The topological polar surface area (TPSA) is 52.5 Å². The second-order valence-corrected chi connectivity index (χ2v) is 2.51. The van der Waals surface area contributed by atoms with Crippen LogP contribution in [0.4, 0.5) is 0 Å². The van der Waals surface area contributed by atoms with Crippen molar-refractivity contribution in [3.63, 3.8) is 0 Å². The molecule has 0 heterocycles. The van der Waals surface area contributed by atoms with E-state index in [9.17, 15) is 10.2 Å². The van der Waals surface area contributed by atoms with Gasteiger partial charge in [0.2, 0.25) is 0 Å². The summed E-state index contributed by atoms with van der Waals surface area (Å²) in [4.78, 5) is 0. The predicted molar refractivity (Wildman–Crippen MR) is 42.9 cm³/mol. The standard InChI is InChI=1S/C8H13NO2/c1-3-5-7(10)4-6(9-2)8(5)11/h3-4,7-11H,1-2H3/b5-3-. The summed E-state index contributed by atoms with van der Waals surface area (Å²) < 4.78 is 0. The highest BCUT2D eigenvalue weighted by molar-refractivity contribution is 5.36. The number of hydrogen-bond donors (Lipinski definition) is 3. The van der Waals surface area contributed by atoms with Gasteiger partial charge in [0, 0.05) is 12.7 Å². The van der Waals surface area contributed by atoms with E-state index in [1.54, 1.807) is 26.1 Å². The molecular weight excluding hydrogens is 142 g/mol. The zero-order valence-electron chi connectivity index (χ0n) is 6.70. The molecule has 1 aliphatic rings. The van der Waals surface area contributed by atoms with Crippen LogP contribution >= 0.6 is 0 Å². The largest absolute Gasteiger partial charge is 0.389 e. The van der Waals surface area contributed by atoms with Gasteiger partial charge >= 0.3 is 0 Å². The quantitative estimate of drug-likeness (QED) is 0.458. The number of likely N-dealkylation sites (N-methyl/N-ethyl adjacent to an activating group) is 1. The summed E-state index contributed by atoms with van der Waals surface area (Å²) in [5, 5.41) is 21.6. The van der Waals surface area contributed by atoms with Gasteiger partial charge in [0.1, 0.15) is 6.10 Å². The lowest BCUT2D eigenvalue weighted by Crippen LogP contribution is -2.19. The molecule has 0 aliphatic heterocycles. The van der Waals surface area contributed by atoms with Crippen LogP contribution in [0.3, 0.4) is 0 Å². The lowest BCUT2D eigenvalue weighted by atomic mass is 10.1. The number of rotatable bonds is 1. The fraction of sp³-hybridized carbons (Fsp3) is 0.500. The van der Waals surface area contributed by atoms with Crippen molar-refractivity contribution < 1.29 is 10.2 Å². The zero-order valence-corrected chi connectivity index (χ0v) is 6.70. The van der Waals surface area contributed by atoms with E-state index in [0.29, 0.717) is 11.3 Å². The maximum absolute atomic E-state index is 9.46. The Bertz CT molecular complexity index is 208. The molecular formula is C8H13NO2. The summed E-state index contributed by atoms with van der Waals surface area (Å²) >= 11 is 0. The summed E-state index contributed by atoms with van der Waals surface area (Å²) in [6.45, 7) is 1.80. The van der Waals surface area contributed by atoms with E-state index < -0.39 is 12.2 Å². The molecule has 0 bridgehead atoms. The minimum Gasteiger partial charge on any atom is -0.389 e. The zero-order chi connectivity index (χ0) is 8.43. The molecule has 0 aromatic rings. The molecule has 0 aromatic heterocycles. The second-order valence-electron chi connectivity index (χ2n) is 2.51. The van der Waals surface area contributed by atoms with Crippen molar-refractivity contribution in [1.29, 1.82) is 0 Å². The molecule has 3 N–H and O–H groups in total. The fourth-order valence-electron chi connectivity index (χ4n) is 1.25. The van der Waals surface area contributed by atoms with Crippen molar-refractivity contribution in [2.45, 2.75) is 19.1 Å². The van der Waals surface area contributed by atoms with E-state index in [1.807, 2.05) is 0 Å². The van der Waals surface area contributed by atoms with Gasteiger partial charge in [-0.1, -0.05) is 6.08 Å². The van der Waals surface area contributed by atoms with Crippen molar-refractivity contribution >= 4 is 0 Å². The Labute approximate surface area is 66.0 Å². The molecule has 0 radical (unpaired) electrons. The van der Waals surface area contributed by atoms with Crippen LogP contribution in [-0.2, 0) is 0 Å². The Kier molecular flexibility index (Phi) is 2.31. The van der Waals surface area contributed by atoms with Gasteiger partial charge in [-0.2, -0.15) is 0 Å². The SMILES string of the molecule is C/C=C1/C(O)C=C(NC)C1O. The highest BCUT2D eigenvalue weighted by Crippen LogP contribution is 2.22. The summed E-state index contributed by atoms with van der Waals surface area (Å²) in [5.41, 5.74) is 1.32. The normalized spacial score (nSPS) is 34.2. The van der Waals surface area contributed by atoms with Crippen LogP contribution in [0.5, 0.6) is 0 Å². The molecule has 0 aromatic carbocycles. The average molecular weight is 155 g/mol. The maximum atomic E-state index is 9.46. The molecule has 3 nitrogen and oxygen atoms in total. The Morgan fingerprint density at radius 3 is 2.45 bits per heavy atom. The van der Waals surface area contributed by atoms with Gasteiger partial charge in [0.05, 0.1) is 6.10 Å². The minimum absolute atomic E-state index is 0.627. The Morgan fingerprint density at radius 1 is 1.55 bits per heavy atom. The molecule has 1 rings (SSSR count). The molecule has 1 aliphatic carbocycles. The van der Waals surface area contributed by atoms with E-state index in [-0.39, 0.29) is 0 Å². The molecule has 62 valence electrons. The van der Waals surface area contributed by atoms with Crippen LogP contribution in [0.25, 0.3) is 0 Å². The highest BCUT2D eigenvalue weighted by Gasteiger charge is 2.27. The Hall–Kier alpha value is -0.800. The van der Waals surface area contributed by atoms with Gasteiger partial charge in [-0.25, -0.2) is 0 Å². The molecule has 0 spiro atoms. The van der Waals surface area contributed by atoms with Gasteiger partial charge < -0.3 is 15.5 Å².